The molecule has 0 radical (unpaired) electrons. The van der Waals surface area contributed by atoms with Gasteiger partial charge in [0.25, 0.3) is 5.91 Å². The molecular formula is C19H24N2O2. The summed E-state index contributed by atoms with van der Waals surface area (Å²) in [4.78, 5) is 27.6. The Hall–Kier alpha value is -1.84. The number of carbonyl (C=O) groups excluding carboxylic acids is 2. The molecule has 1 aliphatic heterocycles. The molecule has 3 unspecified atom stereocenters. The lowest BCUT2D eigenvalue weighted by Gasteiger charge is -2.35. The number of rotatable bonds is 3. The van der Waals surface area contributed by atoms with Crippen molar-refractivity contribution in [1.29, 1.82) is 0 Å². The summed E-state index contributed by atoms with van der Waals surface area (Å²) >= 11 is 0. The van der Waals surface area contributed by atoms with Crippen LogP contribution in [0.4, 0.5) is 0 Å². The molecule has 122 valence electrons. The van der Waals surface area contributed by atoms with Gasteiger partial charge in [-0.05, 0) is 50.2 Å². The summed E-state index contributed by atoms with van der Waals surface area (Å²) in [5, 5.41) is 3.21. The molecule has 0 aromatic heterocycles. The van der Waals surface area contributed by atoms with Gasteiger partial charge in [0.2, 0.25) is 5.91 Å². The van der Waals surface area contributed by atoms with E-state index in [1.54, 1.807) is 0 Å². The van der Waals surface area contributed by atoms with Gasteiger partial charge in [-0.1, -0.05) is 31.0 Å². The Morgan fingerprint density at radius 3 is 2.48 bits per heavy atom. The van der Waals surface area contributed by atoms with Gasteiger partial charge in [-0.2, -0.15) is 0 Å². The minimum Gasteiger partial charge on any atom is -0.352 e. The zero-order valence-corrected chi connectivity index (χ0v) is 13.4. The summed E-state index contributed by atoms with van der Waals surface area (Å²) in [5.74, 6) is 0.437. The summed E-state index contributed by atoms with van der Waals surface area (Å²) in [6.45, 7) is 0. The Morgan fingerprint density at radius 2 is 1.74 bits per heavy atom. The molecule has 3 aliphatic rings. The standard InChI is InChI=1S/C19H24N2O2/c22-18(20-15-8-4-5-9-15)17-14-10-11-16(12-14)21(17)19(23)13-6-2-1-3-7-13/h1-3,6-7,14-17H,4-5,8-12H2,(H,20,22). The Morgan fingerprint density at radius 1 is 1.00 bits per heavy atom. The number of carbonyl (C=O) groups is 2. The topological polar surface area (TPSA) is 49.4 Å². The summed E-state index contributed by atoms with van der Waals surface area (Å²) < 4.78 is 0. The highest BCUT2D eigenvalue weighted by Gasteiger charge is 2.51. The highest BCUT2D eigenvalue weighted by Crippen LogP contribution is 2.43. The first kappa shape index (κ1) is 14.7. The fourth-order valence-corrected chi connectivity index (χ4v) is 4.70. The lowest BCUT2D eigenvalue weighted by molar-refractivity contribution is -0.127. The quantitative estimate of drug-likeness (QED) is 0.933. The van der Waals surface area contributed by atoms with Crippen LogP contribution in [0.15, 0.2) is 30.3 Å². The third kappa shape index (κ3) is 2.64. The van der Waals surface area contributed by atoms with Gasteiger partial charge in [0.05, 0.1) is 0 Å². The highest BCUT2D eigenvalue weighted by molar-refractivity contribution is 5.98. The molecule has 4 rings (SSSR count). The van der Waals surface area contributed by atoms with E-state index in [0.717, 1.165) is 32.1 Å². The molecule has 2 aliphatic carbocycles. The van der Waals surface area contributed by atoms with Gasteiger partial charge >= 0.3 is 0 Å². The van der Waals surface area contributed by atoms with Gasteiger partial charge in [-0.25, -0.2) is 0 Å². The number of piperidine rings is 1. The zero-order chi connectivity index (χ0) is 15.8. The minimum atomic E-state index is -0.262. The lowest BCUT2D eigenvalue weighted by Crippen LogP contribution is -2.54. The van der Waals surface area contributed by atoms with Gasteiger partial charge in [0, 0.05) is 17.6 Å². The van der Waals surface area contributed by atoms with E-state index in [1.807, 2.05) is 35.2 Å². The number of hydrogen-bond acceptors (Lipinski definition) is 2. The summed E-state index contributed by atoms with van der Waals surface area (Å²) in [7, 11) is 0. The van der Waals surface area contributed by atoms with Crippen molar-refractivity contribution in [3.8, 4) is 0 Å². The van der Waals surface area contributed by atoms with Gasteiger partial charge in [-0.3, -0.25) is 9.59 Å². The maximum absolute atomic E-state index is 12.9. The SMILES string of the molecule is O=C(NC1CCCC1)C1C2CCC(C2)N1C(=O)c1ccccc1. The predicted octanol–water partition coefficient (Wildman–Crippen LogP) is 2.74. The predicted molar refractivity (Wildman–Crippen MR) is 87.9 cm³/mol. The molecule has 1 aromatic carbocycles. The normalized spacial score (nSPS) is 29.9. The molecule has 23 heavy (non-hydrogen) atoms. The van der Waals surface area contributed by atoms with E-state index in [-0.39, 0.29) is 23.9 Å². The fourth-order valence-electron chi connectivity index (χ4n) is 4.70. The Balaban J connectivity index is 1.54. The summed E-state index contributed by atoms with van der Waals surface area (Å²) in [5.41, 5.74) is 0.693. The first-order valence-corrected chi connectivity index (χ1v) is 8.92. The minimum absolute atomic E-state index is 0.0179. The molecular weight excluding hydrogens is 288 g/mol. The number of likely N-dealkylation sites (tertiary alicyclic amines) is 1. The second-order valence-electron chi connectivity index (χ2n) is 7.24. The van der Waals surface area contributed by atoms with E-state index in [0.29, 0.717) is 17.5 Å². The third-order valence-electron chi connectivity index (χ3n) is 5.81. The van der Waals surface area contributed by atoms with Crippen molar-refractivity contribution in [2.24, 2.45) is 5.92 Å². The second kappa shape index (κ2) is 5.99. The van der Waals surface area contributed by atoms with E-state index in [1.165, 1.54) is 12.8 Å². The molecule has 0 spiro atoms. The van der Waals surface area contributed by atoms with E-state index in [2.05, 4.69) is 5.32 Å². The van der Waals surface area contributed by atoms with Crippen LogP contribution in [-0.4, -0.2) is 34.8 Å². The highest BCUT2D eigenvalue weighted by atomic mass is 16.2. The van der Waals surface area contributed by atoms with Gasteiger partial charge in [0.1, 0.15) is 6.04 Å². The number of benzene rings is 1. The van der Waals surface area contributed by atoms with E-state index >= 15 is 0 Å². The molecule has 3 fully saturated rings. The maximum atomic E-state index is 12.9. The average molecular weight is 312 g/mol. The molecule has 4 heteroatoms. The van der Waals surface area contributed by atoms with Crippen molar-refractivity contribution in [2.75, 3.05) is 0 Å². The molecule has 3 atom stereocenters. The van der Waals surface area contributed by atoms with Crippen molar-refractivity contribution in [2.45, 2.75) is 63.1 Å². The fraction of sp³-hybridized carbons (Fsp3) is 0.579. The molecule has 2 amide bonds. The molecule has 1 N–H and O–H groups in total. The molecule has 4 nitrogen and oxygen atoms in total. The number of nitrogens with one attached hydrogen (secondary N) is 1. The van der Waals surface area contributed by atoms with E-state index in [9.17, 15) is 9.59 Å². The average Bonchev–Trinajstić information content (AvgIpc) is 3.31. The lowest BCUT2D eigenvalue weighted by atomic mass is 9.96. The van der Waals surface area contributed by atoms with Gasteiger partial charge in [0.15, 0.2) is 0 Å². The Bertz CT molecular complexity index is 595. The van der Waals surface area contributed by atoms with Crippen LogP contribution in [0.5, 0.6) is 0 Å². The van der Waals surface area contributed by atoms with Gasteiger partial charge < -0.3 is 10.2 Å². The van der Waals surface area contributed by atoms with Crippen LogP contribution in [0.3, 0.4) is 0 Å². The van der Waals surface area contributed by atoms with Crippen LogP contribution in [-0.2, 0) is 4.79 Å². The van der Waals surface area contributed by atoms with Crippen LogP contribution >= 0.6 is 0 Å². The van der Waals surface area contributed by atoms with Crippen molar-refractivity contribution >= 4 is 11.8 Å². The van der Waals surface area contributed by atoms with E-state index < -0.39 is 0 Å². The van der Waals surface area contributed by atoms with Crippen molar-refractivity contribution in [1.82, 2.24) is 10.2 Å². The van der Waals surface area contributed by atoms with Crippen LogP contribution in [0.25, 0.3) is 0 Å². The van der Waals surface area contributed by atoms with Crippen LogP contribution in [0.2, 0.25) is 0 Å². The number of amides is 2. The monoisotopic (exact) mass is 312 g/mol. The summed E-state index contributed by atoms with van der Waals surface area (Å²) in [6.07, 6.45) is 7.67. The van der Waals surface area contributed by atoms with Crippen LogP contribution in [0.1, 0.15) is 55.3 Å². The second-order valence-corrected chi connectivity index (χ2v) is 7.24. The zero-order valence-electron chi connectivity index (χ0n) is 13.4. The summed E-state index contributed by atoms with van der Waals surface area (Å²) in [6, 6.07) is 9.67. The molecule has 1 aromatic rings. The smallest absolute Gasteiger partial charge is 0.254 e. The molecule has 1 saturated heterocycles. The maximum Gasteiger partial charge on any atom is 0.254 e. The molecule has 1 heterocycles. The Labute approximate surface area is 137 Å². The molecule has 2 saturated carbocycles. The first-order chi connectivity index (χ1) is 11.2. The largest absolute Gasteiger partial charge is 0.352 e. The van der Waals surface area contributed by atoms with Crippen LogP contribution in [0, 0.1) is 5.92 Å². The van der Waals surface area contributed by atoms with Crippen LogP contribution < -0.4 is 5.32 Å². The number of fused-ring (bicyclic) bond motifs is 2. The number of hydrogen-bond donors (Lipinski definition) is 1. The van der Waals surface area contributed by atoms with Crippen molar-refractivity contribution < 1.29 is 9.59 Å². The number of nitrogens with zero attached hydrogens (tertiary/aromatic N) is 1. The van der Waals surface area contributed by atoms with E-state index in [4.69, 9.17) is 0 Å². The van der Waals surface area contributed by atoms with Crippen molar-refractivity contribution in [3.05, 3.63) is 35.9 Å². The Kier molecular flexibility index (Phi) is 3.83. The van der Waals surface area contributed by atoms with Crippen molar-refractivity contribution in [3.63, 3.8) is 0 Å². The third-order valence-corrected chi connectivity index (χ3v) is 5.81. The van der Waals surface area contributed by atoms with Gasteiger partial charge in [-0.15, -0.1) is 0 Å². The molecule has 2 bridgehead atoms. The first-order valence-electron chi connectivity index (χ1n) is 8.92.